The number of aliphatic hydroxyl groups excluding tert-OH is 1. The Morgan fingerprint density at radius 1 is 0.591 bits per heavy atom. The Hall–Kier alpha value is -0.980. The maximum atomic E-state index is 8.45. The third-order valence-electron chi connectivity index (χ3n) is 4.00. The van der Waals surface area contributed by atoms with Crippen LogP contribution in [0.4, 0.5) is 0 Å². The maximum absolute atomic E-state index is 8.45. The third-order valence-corrected chi connectivity index (χ3v) is 4.00. The van der Waals surface area contributed by atoms with Gasteiger partial charge >= 0.3 is 0 Å². The molecule has 0 rings (SSSR count). The molecule has 0 aromatic rings. The fourth-order valence-electron chi connectivity index (χ4n) is 2.60. The molecular formula is C21H38O. The molecule has 0 fully saturated rings. The molecule has 1 nitrogen and oxygen atoms in total. The molecule has 0 aliphatic heterocycles. The summed E-state index contributed by atoms with van der Waals surface area (Å²) in [5, 5.41) is 8.45. The fourth-order valence-corrected chi connectivity index (χ4v) is 2.60. The van der Waals surface area contributed by atoms with E-state index in [9.17, 15) is 0 Å². The van der Waals surface area contributed by atoms with Crippen LogP contribution >= 0.6 is 0 Å². The minimum atomic E-state index is 0.961. The third kappa shape index (κ3) is 19.0. The van der Waals surface area contributed by atoms with Gasteiger partial charge in [0.25, 0.3) is 0 Å². The van der Waals surface area contributed by atoms with Crippen LogP contribution in [0.1, 0.15) is 96.8 Å². The topological polar surface area (TPSA) is 20.2 Å². The Morgan fingerprint density at radius 2 is 1.14 bits per heavy atom. The van der Waals surface area contributed by atoms with Crippen molar-refractivity contribution < 1.29 is 5.11 Å². The molecule has 0 spiro atoms. The van der Waals surface area contributed by atoms with Crippen molar-refractivity contribution in [3.05, 3.63) is 36.6 Å². The molecule has 128 valence electrons. The lowest BCUT2D eigenvalue weighted by Gasteiger charge is -2.02. The van der Waals surface area contributed by atoms with E-state index in [1.54, 1.807) is 6.08 Å². The molecule has 0 saturated carbocycles. The van der Waals surface area contributed by atoms with E-state index in [4.69, 9.17) is 5.11 Å². The summed E-state index contributed by atoms with van der Waals surface area (Å²) in [4.78, 5) is 0. The number of rotatable bonds is 16. The number of allylic oxidation sites excluding steroid dienone is 5. The van der Waals surface area contributed by atoms with Crippen LogP contribution in [0.2, 0.25) is 0 Å². The molecule has 0 aromatic heterocycles. The second kappa shape index (κ2) is 20.0. The van der Waals surface area contributed by atoms with Crippen molar-refractivity contribution in [2.24, 2.45) is 0 Å². The van der Waals surface area contributed by atoms with E-state index < -0.39 is 0 Å². The lowest BCUT2D eigenvalue weighted by atomic mass is 10.0. The summed E-state index contributed by atoms with van der Waals surface area (Å²) in [6.45, 7) is 2.28. The molecule has 0 bridgehead atoms. The van der Waals surface area contributed by atoms with Crippen molar-refractivity contribution in [1.82, 2.24) is 0 Å². The van der Waals surface area contributed by atoms with Gasteiger partial charge in [-0.1, -0.05) is 102 Å². The standard InChI is InChI=1S/C21H38O/c1-2-3-4-5-6-7-8-9-10-11-12-13-14-15-16-17-18-19-20-21-22/h15-16,18-22H,2-14,17H2,1H3/b16-15+,19-18+,21-20+. The summed E-state index contributed by atoms with van der Waals surface area (Å²) < 4.78 is 0. The Labute approximate surface area is 139 Å². The van der Waals surface area contributed by atoms with Crippen molar-refractivity contribution in [2.45, 2.75) is 96.8 Å². The molecule has 0 radical (unpaired) electrons. The van der Waals surface area contributed by atoms with E-state index in [0.717, 1.165) is 12.7 Å². The van der Waals surface area contributed by atoms with Crippen LogP contribution in [0, 0.1) is 0 Å². The zero-order valence-electron chi connectivity index (χ0n) is 14.8. The first-order valence-corrected chi connectivity index (χ1v) is 9.52. The summed E-state index contributed by atoms with van der Waals surface area (Å²) >= 11 is 0. The van der Waals surface area contributed by atoms with Crippen LogP contribution in [-0.2, 0) is 0 Å². The van der Waals surface area contributed by atoms with E-state index in [1.807, 2.05) is 12.2 Å². The van der Waals surface area contributed by atoms with Crippen LogP contribution in [-0.4, -0.2) is 5.11 Å². The zero-order chi connectivity index (χ0) is 16.1. The van der Waals surface area contributed by atoms with E-state index in [-0.39, 0.29) is 0 Å². The second-order valence-electron chi connectivity index (χ2n) is 6.15. The number of unbranched alkanes of at least 4 members (excludes halogenated alkanes) is 12. The van der Waals surface area contributed by atoms with Gasteiger partial charge in [0, 0.05) is 0 Å². The first kappa shape index (κ1) is 21.0. The van der Waals surface area contributed by atoms with Crippen LogP contribution < -0.4 is 0 Å². The second-order valence-corrected chi connectivity index (χ2v) is 6.15. The van der Waals surface area contributed by atoms with E-state index in [0.29, 0.717) is 0 Å². The zero-order valence-corrected chi connectivity index (χ0v) is 14.8. The molecule has 0 aromatic carbocycles. The van der Waals surface area contributed by atoms with Gasteiger partial charge < -0.3 is 5.11 Å². The Morgan fingerprint density at radius 3 is 1.68 bits per heavy atom. The number of aliphatic hydroxyl groups is 1. The molecule has 0 aliphatic carbocycles. The molecule has 0 aliphatic rings. The first-order valence-electron chi connectivity index (χ1n) is 9.52. The molecule has 0 amide bonds. The predicted molar refractivity (Wildman–Crippen MR) is 100 cm³/mol. The Balaban J connectivity index is 3.09. The smallest absolute Gasteiger partial charge is 0.0791 e. The van der Waals surface area contributed by atoms with Crippen LogP contribution in [0.25, 0.3) is 0 Å². The van der Waals surface area contributed by atoms with Crippen molar-refractivity contribution in [3.8, 4) is 0 Å². The Kier molecular flexibility index (Phi) is 19.1. The van der Waals surface area contributed by atoms with E-state index in [1.165, 1.54) is 83.5 Å². The molecule has 1 heteroatoms. The van der Waals surface area contributed by atoms with Crippen LogP contribution in [0.3, 0.4) is 0 Å². The summed E-state index contributed by atoms with van der Waals surface area (Å²) in [5.74, 6) is 0. The van der Waals surface area contributed by atoms with E-state index in [2.05, 4.69) is 19.1 Å². The molecule has 0 unspecified atom stereocenters. The van der Waals surface area contributed by atoms with Gasteiger partial charge in [-0.3, -0.25) is 0 Å². The Bertz CT molecular complexity index is 276. The first-order chi connectivity index (χ1) is 10.9. The summed E-state index contributed by atoms with van der Waals surface area (Å²) in [5.41, 5.74) is 0. The lowest BCUT2D eigenvalue weighted by molar-refractivity contribution is 0.473. The van der Waals surface area contributed by atoms with Gasteiger partial charge in [-0.05, 0) is 25.3 Å². The van der Waals surface area contributed by atoms with Gasteiger partial charge in [0.1, 0.15) is 0 Å². The number of hydrogen-bond donors (Lipinski definition) is 1. The molecular weight excluding hydrogens is 268 g/mol. The van der Waals surface area contributed by atoms with Gasteiger partial charge in [0.05, 0.1) is 6.26 Å². The fraction of sp³-hybridized carbons (Fsp3) is 0.714. The molecule has 1 N–H and O–H groups in total. The van der Waals surface area contributed by atoms with Crippen molar-refractivity contribution >= 4 is 0 Å². The average molecular weight is 307 g/mol. The van der Waals surface area contributed by atoms with Crippen LogP contribution in [0.5, 0.6) is 0 Å². The highest BCUT2D eigenvalue weighted by atomic mass is 16.2. The average Bonchev–Trinajstić information content (AvgIpc) is 2.54. The maximum Gasteiger partial charge on any atom is 0.0791 e. The quantitative estimate of drug-likeness (QED) is 0.134. The van der Waals surface area contributed by atoms with Gasteiger partial charge in [0.15, 0.2) is 0 Å². The largest absolute Gasteiger partial charge is 0.516 e. The van der Waals surface area contributed by atoms with Gasteiger partial charge in [-0.25, -0.2) is 0 Å². The minimum absolute atomic E-state index is 0.961. The highest BCUT2D eigenvalue weighted by molar-refractivity contribution is 5.02. The van der Waals surface area contributed by atoms with Crippen molar-refractivity contribution in [3.63, 3.8) is 0 Å². The van der Waals surface area contributed by atoms with Crippen molar-refractivity contribution in [2.75, 3.05) is 0 Å². The molecule has 0 atom stereocenters. The highest BCUT2D eigenvalue weighted by Crippen LogP contribution is 2.12. The molecule has 0 heterocycles. The summed E-state index contributed by atoms with van der Waals surface area (Å²) in [6.07, 6.45) is 30.3. The normalized spacial score (nSPS) is 12.2. The summed E-state index contributed by atoms with van der Waals surface area (Å²) in [6, 6.07) is 0. The summed E-state index contributed by atoms with van der Waals surface area (Å²) in [7, 11) is 0. The van der Waals surface area contributed by atoms with Gasteiger partial charge in [-0.15, -0.1) is 0 Å². The van der Waals surface area contributed by atoms with Crippen LogP contribution in [0.15, 0.2) is 36.6 Å². The minimum Gasteiger partial charge on any atom is -0.516 e. The van der Waals surface area contributed by atoms with Gasteiger partial charge in [-0.2, -0.15) is 0 Å². The number of hydrogen-bond acceptors (Lipinski definition) is 1. The molecule has 22 heavy (non-hydrogen) atoms. The monoisotopic (exact) mass is 306 g/mol. The van der Waals surface area contributed by atoms with E-state index >= 15 is 0 Å². The lowest BCUT2D eigenvalue weighted by Crippen LogP contribution is -1.82. The SMILES string of the molecule is CCCCCCCCCCCCCC/C=C/C/C=C/C=C/O. The molecule has 0 saturated heterocycles. The predicted octanol–water partition coefficient (Wildman–Crippen LogP) is 7.65. The van der Waals surface area contributed by atoms with Gasteiger partial charge in [0.2, 0.25) is 0 Å². The van der Waals surface area contributed by atoms with Crippen molar-refractivity contribution in [1.29, 1.82) is 0 Å². The highest BCUT2D eigenvalue weighted by Gasteiger charge is 1.92.